The number of nitrogens with one attached hydrogen (secondary N) is 3. The highest BCUT2D eigenvalue weighted by atomic mass is 32.2. The molecule has 20 heteroatoms. The molecule has 2 aromatic rings. The van der Waals surface area contributed by atoms with E-state index in [1.165, 1.54) is 11.8 Å². The van der Waals surface area contributed by atoms with E-state index in [4.69, 9.17) is 14.2 Å². The van der Waals surface area contributed by atoms with Crippen LogP contribution in [0.4, 0.5) is 18.0 Å². The monoisotopic (exact) mass is 852 g/mol. The zero-order chi connectivity index (χ0) is 43.1. The van der Waals surface area contributed by atoms with Crippen LogP contribution in [0.2, 0.25) is 0 Å². The highest BCUT2D eigenvalue weighted by Gasteiger charge is 2.62. The minimum absolute atomic E-state index is 0.0141. The zero-order valence-electron chi connectivity index (χ0n) is 33.5. The summed E-state index contributed by atoms with van der Waals surface area (Å²) in [4.78, 5) is 70.6. The topological polar surface area (TPSA) is 204 Å². The molecule has 16 nitrogen and oxygen atoms in total. The molecule has 3 N–H and O–H groups in total. The zero-order valence-corrected chi connectivity index (χ0v) is 34.4. The Morgan fingerprint density at radius 3 is 2.41 bits per heavy atom. The van der Waals surface area contributed by atoms with Crippen molar-refractivity contribution in [2.75, 3.05) is 20.3 Å². The van der Waals surface area contributed by atoms with E-state index in [0.29, 0.717) is 51.3 Å². The number of rotatable bonds is 10. The van der Waals surface area contributed by atoms with Crippen molar-refractivity contribution < 1.29 is 55.0 Å². The fraction of sp³-hybridized carbons (Fsp3) is 0.641. The van der Waals surface area contributed by atoms with Gasteiger partial charge in [-0.05, 0) is 76.3 Å². The molecule has 1 aromatic carbocycles. The van der Waals surface area contributed by atoms with Crippen molar-refractivity contribution in [1.82, 2.24) is 30.0 Å². The van der Waals surface area contributed by atoms with Crippen LogP contribution in [0.3, 0.4) is 0 Å². The van der Waals surface area contributed by atoms with Crippen molar-refractivity contribution in [3.8, 4) is 5.88 Å². The second-order valence-electron chi connectivity index (χ2n) is 16.6. The summed E-state index contributed by atoms with van der Waals surface area (Å²) in [5.41, 5.74) is -4.98. The van der Waals surface area contributed by atoms with Crippen molar-refractivity contribution in [1.29, 1.82) is 0 Å². The number of sulfonamides is 1. The minimum Gasteiger partial charge on any atom is -0.471 e. The molecule has 4 amide bonds. The number of allylic oxidation sites excluding steroid dienone is 1. The molecule has 0 spiro atoms. The van der Waals surface area contributed by atoms with E-state index in [1.54, 1.807) is 37.3 Å². The Hall–Kier alpha value is -4.72. The van der Waals surface area contributed by atoms with Gasteiger partial charge < -0.3 is 29.7 Å². The third-order valence-electron chi connectivity index (χ3n) is 11.5. The average Bonchev–Trinajstić information content (AvgIpc) is 4.09. The number of methoxy groups -OCH3 is 1. The third kappa shape index (κ3) is 9.53. The van der Waals surface area contributed by atoms with Gasteiger partial charge in [-0.2, -0.15) is 13.2 Å². The largest absolute Gasteiger partial charge is 0.471 e. The predicted molar refractivity (Wildman–Crippen MR) is 206 cm³/mol. The summed E-state index contributed by atoms with van der Waals surface area (Å²) < 4.78 is 86.7. The molecular formula is C39H51F3N6O10S. The van der Waals surface area contributed by atoms with Gasteiger partial charge in [-0.15, -0.1) is 5.10 Å². The van der Waals surface area contributed by atoms with Crippen LogP contribution in [0.15, 0.2) is 41.2 Å². The van der Waals surface area contributed by atoms with Gasteiger partial charge in [0.25, 0.3) is 11.5 Å². The maximum Gasteiger partial charge on any atom is 0.427 e. The Labute approximate surface area is 339 Å². The van der Waals surface area contributed by atoms with Crippen LogP contribution in [0.25, 0.3) is 10.8 Å². The van der Waals surface area contributed by atoms with Gasteiger partial charge in [0.1, 0.15) is 23.7 Å². The summed E-state index contributed by atoms with van der Waals surface area (Å²) in [7, 11) is -2.54. The average molecular weight is 853 g/mol. The fourth-order valence-electron chi connectivity index (χ4n) is 7.72. The van der Waals surface area contributed by atoms with E-state index in [9.17, 15) is 45.6 Å². The Morgan fingerprint density at radius 2 is 1.75 bits per heavy atom. The number of hydrogen-bond donors (Lipinski definition) is 3. The summed E-state index contributed by atoms with van der Waals surface area (Å²) in [5.74, 6) is -3.85. The molecule has 3 fully saturated rings. The van der Waals surface area contributed by atoms with Crippen molar-refractivity contribution in [2.45, 2.75) is 120 Å². The van der Waals surface area contributed by atoms with Gasteiger partial charge in [-0.1, -0.05) is 38.1 Å². The second kappa shape index (κ2) is 16.7. The van der Waals surface area contributed by atoms with E-state index in [0.717, 1.165) is 4.90 Å². The second-order valence-corrected chi connectivity index (χ2v) is 18.6. The van der Waals surface area contributed by atoms with Crippen LogP contribution in [-0.2, 0) is 40.4 Å². The summed E-state index contributed by atoms with van der Waals surface area (Å²) in [6.07, 6.45) is -1.65. The molecule has 59 heavy (non-hydrogen) atoms. The van der Waals surface area contributed by atoms with Gasteiger partial charge in [-0.25, -0.2) is 17.9 Å². The van der Waals surface area contributed by atoms with Crippen LogP contribution in [0, 0.1) is 17.8 Å². The summed E-state index contributed by atoms with van der Waals surface area (Å²) in [6.45, 7) is 4.88. The Balaban J connectivity index is 1.37. The first-order chi connectivity index (χ1) is 27.7. The van der Waals surface area contributed by atoms with Gasteiger partial charge >= 0.3 is 12.3 Å². The molecule has 4 aliphatic rings. The van der Waals surface area contributed by atoms with E-state index >= 15 is 0 Å². The van der Waals surface area contributed by atoms with E-state index in [-0.39, 0.29) is 49.7 Å². The van der Waals surface area contributed by atoms with Gasteiger partial charge in [0, 0.05) is 19.4 Å². The number of halogens is 3. The first-order valence-corrected chi connectivity index (χ1v) is 21.3. The van der Waals surface area contributed by atoms with Crippen molar-refractivity contribution in [3.05, 3.63) is 46.8 Å². The Kier molecular flexibility index (Phi) is 12.4. The molecule has 0 unspecified atom stereocenters. The van der Waals surface area contributed by atoms with Gasteiger partial charge in [-0.3, -0.25) is 23.9 Å². The lowest BCUT2D eigenvalue weighted by atomic mass is 9.88. The molecule has 1 aromatic heterocycles. The van der Waals surface area contributed by atoms with E-state index < -0.39 is 92.0 Å². The molecule has 3 heterocycles. The molecule has 1 saturated heterocycles. The van der Waals surface area contributed by atoms with Gasteiger partial charge in [0.2, 0.25) is 33.3 Å². The number of aromatic nitrogens is 2. The molecule has 0 radical (unpaired) electrons. The molecule has 0 bridgehead atoms. The first-order valence-electron chi connectivity index (χ1n) is 19.7. The normalized spacial score (nSPS) is 28.6. The lowest BCUT2D eigenvalue weighted by molar-refractivity contribution is -0.244. The van der Waals surface area contributed by atoms with Crippen LogP contribution in [-0.4, -0.2) is 108 Å². The number of hydrogen-bond acceptors (Lipinski definition) is 11. The Bertz CT molecular complexity index is 2160. The van der Waals surface area contributed by atoms with Crippen molar-refractivity contribution in [3.63, 3.8) is 0 Å². The van der Waals surface area contributed by atoms with E-state index in [2.05, 4.69) is 20.5 Å². The highest BCUT2D eigenvalue weighted by molar-refractivity contribution is 7.91. The maximum atomic E-state index is 14.8. The fourth-order valence-corrected chi connectivity index (χ4v) is 9.09. The van der Waals surface area contributed by atoms with Crippen molar-refractivity contribution in [2.24, 2.45) is 17.8 Å². The number of amides is 4. The molecule has 324 valence electrons. The number of alkyl halides is 3. The quantitative estimate of drug-likeness (QED) is 0.296. The third-order valence-corrected chi connectivity index (χ3v) is 13.4. The van der Waals surface area contributed by atoms with Crippen LogP contribution in [0.5, 0.6) is 5.88 Å². The molecule has 7 atom stereocenters. The Morgan fingerprint density at radius 1 is 1.05 bits per heavy atom. The number of fused-ring (bicyclic) bond motifs is 3. The predicted octanol–water partition coefficient (Wildman–Crippen LogP) is 3.32. The van der Waals surface area contributed by atoms with Crippen LogP contribution >= 0.6 is 0 Å². The first kappa shape index (κ1) is 43.8. The number of benzene rings is 1. The molecular weight excluding hydrogens is 802 g/mol. The summed E-state index contributed by atoms with van der Waals surface area (Å²) in [5, 5.41) is 9.46. The number of ether oxygens (including phenoxy) is 3. The number of alkyl carbamates (subject to hydrolysis) is 1. The number of carbonyl (C=O) groups is 4. The maximum absolute atomic E-state index is 14.8. The lowest BCUT2D eigenvalue weighted by Crippen LogP contribution is -2.59. The highest BCUT2D eigenvalue weighted by Crippen LogP contribution is 2.46. The summed E-state index contributed by atoms with van der Waals surface area (Å²) >= 11 is 0. The van der Waals surface area contributed by atoms with Crippen LogP contribution in [0.1, 0.15) is 72.6 Å². The molecule has 6 rings (SSSR count). The SMILES string of the molecule is COCCn1nc(O[C@@H]2C[C@H]3C(=O)N[C@]4(C(=O)NS(=O)(=O)C5CC5)C[C@H]4/C=C\CC[C@H](C)C[C@@H](C)[C@H](NC(=O)OC(C)(C)C(F)(F)F)C(=O)N3C2)c2ccccc2c1=O. The van der Waals surface area contributed by atoms with Crippen molar-refractivity contribution >= 4 is 44.6 Å². The smallest absolute Gasteiger partial charge is 0.427 e. The number of nitrogens with zero attached hydrogens (tertiary/aromatic N) is 3. The van der Waals surface area contributed by atoms with Gasteiger partial charge in [0.05, 0.1) is 35.7 Å². The van der Waals surface area contributed by atoms with Gasteiger partial charge in [0.15, 0.2) is 0 Å². The lowest BCUT2D eigenvalue weighted by Gasteiger charge is -2.34. The molecule has 2 aliphatic heterocycles. The number of carbonyl (C=O) groups excluding carboxylic acids is 4. The minimum atomic E-state index is -4.93. The standard InChI is InChI=1S/C39H51F3N6O10S/c1-22-10-6-7-11-24-20-38(24,35(52)46-59(54,55)26-14-15-26)44-31(49)29-19-25(57-32-27-12-8-9-13-28(27)33(50)48(45-32)16-17-56-5)21-47(29)34(51)30(23(2)18-22)43-36(53)58-37(3,4)39(40,41)42/h7-9,11-13,22-26,29-30H,6,10,14-21H2,1-5H3,(H,43,53)(H,44,49)(H,46,52)/b11-7-/t22-,23+,24+,25+,29-,30-,38+/m0/s1. The van der Waals surface area contributed by atoms with Crippen LogP contribution < -0.4 is 25.7 Å². The molecule has 2 aliphatic carbocycles. The molecule has 2 saturated carbocycles. The summed E-state index contributed by atoms with van der Waals surface area (Å²) in [6, 6.07) is 3.71. The van der Waals surface area contributed by atoms with E-state index in [1.807, 2.05) is 13.0 Å².